The van der Waals surface area contributed by atoms with Gasteiger partial charge in [-0.2, -0.15) is 5.10 Å². The lowest BCUT2D eigenvalue weighted by molar-refractivity contribution is -0.112. The first-order valence-electron chi connectivity index (χ1n) is 4.16. The van der Waals surface area contributed by atoms with Crippen LogP contribution in [0.4, 0.5) is 0 Å². The molecule has 0 aromatic rings. The van der Waals surface area contributed by atoms with Crippen LogP contribution in [-0.4, -0.2) is 29.7 Å². The number of rotatable bonds is 1. The van der Waals surface area contributed by atoms with Crippen molar-refractivity contribution in [2.45, 2.75) is 6.04 Å². The average molecular weight is 177 g/mol. The van der Waals surface area contributed by atoms with Crippen LogP contribution in [0, 0.1) is 5.92 Å². The van der Waals surface area contributed by atoms with Crippen LogP contribution in [0.1, 0.15) is 0 Å². The first-order chi connectivity index (χ1) is 6.20. The van der Waals surface area contributed by atoms with Gasteiger partial charge >= 0.3 is 0 Å². The number of hydrazone groups is 1. The summed E-state index contributed by atoms with van der Waals surface area (Å²) in [6, 6.07) is 0.160. The highest BCUT2D eigenvalue weighted by Gasteiger charge is 2.35. The van der Waals surface area contributed by atoms with Gasteiger partial charge in [-0.3, -0.25) is 9.80 Å². The van der Waals surface area contributed by atoms with E-state index in [0.717, 1.165) is 0 Å². The molecular formula is C9H11N3O. The summed E-state index contributed by atoms with van der Waals surface area (Å²) in [5.74, 6) is -0.396. The number of primary amides is 1. The second kappa shape index (κ2) is 2.73. The monoisotopic (exact) mass is 177 g/mol. The van der Waals surface area contributed by atoms with Crippen molar-refractivity contribution < 1.29 is 4.79 Å². The Kier molecular flexibility index (Phi) is 1.69. The Labute approximate surface area is 76.4 Å². The summed E-state index contributed by atoms with van der Waals surface area (Å²) in [5.41, 5.74) is 5.66. The molecule has 0 saturated carbocycles. The van der Waals surface area contributed by atoms with Gasteiger partial charge in [0.05, 0.1) is 12.0 Å². The van der Waals surface area contributed by atoms with E-state index in [1.165, 1.54) is 0 Å². The van der Waals surface area contributed by atoms with E-state index in [9.17, 15) is 4.79 Å². The summed E-state index contributed by atoms with van der Waals surface area (Å²) >= 11 is 0. The molecule has 2 atom stereocenters. The number of carbonyl (C=O) groups is 1. The molecule has 13 heavy (non-hydrogen) atoms. The van der Waals surface area contributed by atoms with Gasteiger partial charge in [0, 0.05) is 7.05 Å². The van der Waals surface area contributed by atoms with Gasteiger partial charge in [-0.1, -0.05) is 24.3 Å². The third-order valence-corrected chi connectivity index (χ3v) is 2.37. The van der Waals surface area contributed by atoms with Crippen molar-refractivity contribution in [2.75, 3.05) is 7.05 Å². The van der Waals surface area contributed by atoms with Gasteiger partial charge in [0.1, 0.15) is 5.71 Å². The number of hydrogen-bond donors (Lipinski definition) is 1. The van der Waals surface area contributed by atoms with Crippen molar-refractivity contribution in [3.05, 3.63) is 24.3 Å². The normalized spacial score (nSPS) is 30.2. The molecule has 0 bridgehead atoms. The summed E-state index contributed by atoms with van der Waals surface area (Å²) in [5, 5.41) is 5.87. The topological polar surface area (TPSA) is 58.7 Å². The van der Waals surface area contributed by atoms with Crippen LogP contribution >= 0.6 is 0 Å². The van der Waals surface area contributed by atoms with Crippen molar-refractivity contribution in [3.8, 4) is 0 Å². The van der Waals surface area contributed by atoms with Gasteiger partial charge in [0.15, 0.2) is 0 Å². The first-order valence-corrected chi connectivity index (χ1v) is 4.16. The van der Waals surface area contributed by atoms with Gasteiger partial charge in [0.25, 0.3) is 5.91 Å². The molecule has 0 aromatic carbocycles. The minimum absolute atomic E-state index is 0.0347. The van der Waals surface area contributed by atoms with E-state index in [0.29, 0.717) is 5.71 Å². The number of nitrogens with zero attached hydrogens (tertiary/aromatic N) is 2. The van der Waals surface area contributed by atoms with Crippen molar-refractivity contribution in [1.29, 1.82) is 0 Å². The number of allylic oxidation sites excluding steroid dienone is 2. The number of hydrogen-bond acceptors (Lipinski definition) is 3. The van der Waals surface area contributed by atoms with Gasteiger partial charge in [-0.05, 0) is 0 Å². The zero-order chi connectivity index (χ0) is 9.42. The lowest BCUT2D eigenvalue weighted by Gasteiger charge is -2.21. The summed E-state index contributed by atoms with van der Waals surface area (Å²) in [7, 11) is 1.84. The fourth-order valence-electron chi connectivity index (χ4n) is 1.72. The molecule has 0 saturated heterocycles. The zero-order valence-electron chi connectivity index (χ0n) is 7.34. The van der Waals surface area contributed by atoms with Crippen LogP contribution in [0.3, 0.4) is 0 Å². The van der Waals surface area contributed by atoms with E-state index in [-0.39, 0.29) is 12.0 Å². The molecule has 68 valence electrons. The molecule has 4 heteroatoms. The molecule has 4 nitrogen and oxygen atoms in total. The van der Waals surface area contributed by atoms with Crippen molar-refractivity contribution >= 4 is 11.6 Å². The molecule has 0 fully saturated rings. The van der Waals surface area contributed by atoms with Gasteiger partial charge in [-0.25, -0.2) is 0 Å². The van der Waals surface area contributed by atoms with Crippen LogP contribution in [0.25, 0.3) is 0 Å². The predicted molar refractivity (Wildman–Crippen MR) is 50.0 cm³/mol. The van der Waals surface area contributed by atoms with E-state index >= 15 is 0 Å². The highest BCUT2D eigenvalue weighted by atomic mass is 16.1. The molecule has 1 heterocycles. The fourth-order valence-corrected chi connectivity index (χ4v) is 1.72. The molecule has 1 aliphatic carbocycles. The van der Waals surface area contributed by atoms with E-state index in [4.69, 9.17) is 5.73 Å². The molecule has 1 aliphatic heterocycles. The fraction of sp³-hybridized carbons (Fsp3) is 0.333. The molecule has 2 unspecified atom stereocenters. The molecular weight excluding hydrogens is 166 g/mol. The Bertz CT molecular complexity index is 330. The van der Waals surface area contributed by atoms with E-state index in [1.807, 2.05) is 31.4 Å². The summed E-state index contributed by atoms with van der Waals surface area (Å²) in [4.78, 5) is 11.0. The lowest BCUT2D eigenvalue weighted by atomic mass is 9.91. The van der Waals surface area contributed by atoms with Crippen LogP contribution in [-0.2, 0) is 4.79 Å². The minimum Gasteiger partial charge on any atom is -0.364 e. The predicted octanol–water partition coefficient (Wildman–Crippen LogP) is -0.116. The minimum atomic E-state index is -0.431. The maximum Gasteiger partial charge on any atom is 0.265 e. The number of likely N-dealkylation sites (N-methyl/N-ethyl adjacent to an activating group) is 1. The van der Waals surface area contributed by atoms with Crippen LogP contribution in [0.2, 0.25) is 0 Å². The largest absolute Gasteiger partial charge is 0.364 e. The molecule has 0 spiro atoms. The van der Waals surface area contributed by atoms with Gasteiger partial charge in [-0.15, -0.1) is 0 Å². The average Bonchev–Trinajstić information content (AvgIpc) is 2.45. The smallest absolute Gasteiger partial charge is 0.265 e. The van der Waals surface area contributed by atoms with E-state index in [1.54, 1.807) is 5.01 Å². The first kappa shape index (κ1) is 8.04. The molecule has 1 amide bonds. The Morgan fingerprint density at radius 2 is 2.23 bits per heavy atom. The van der Waals surface area contributed by atoms with Gasteiger partial charge < -0.3 is 5.73 Å². The Balaban J connectivity index is 2.33. The SMILES string of the molecule is CN1N=C(C(N)=O)C2C=CC=CC21. The molecule has 2 N–H and O–H groups in total. The maximum atomic E-state index is 11.0. The number of amides is 1. The summed E-state index contributed by atoms with van der Waals surface area (Å²) < 4.78 is 0. The second-order valence-electron chi connectivity index (χ2n) is 3.21. The summed E-state index contributed by atoms with van der Waals surface area (Å²) in [6.07, 6.45) is 7.85. The molecule has 2 aliphatic rings. The Hall–Kier alpha value is -1.58. The Morgan fingerprint density at radius 1 is 1.54 bits per heavy atom. The summed E-state index contributed by atoms with van der Waals surface area (Å²) in [6.45, 7) is 0. The number of carbonyl (C=O) groups excluding carboxylic acids is 1. The van der Waals surface area contributed by atoms with Crippen LogP contribution in [0.5, 0.6) is 0 Å². The molecule has 0 radical (unpaired) electrons. The molecule has 2 rings (SSSR count). The van der Waals surface area contributed by atoms with E-state index in [2.05, 4.69) is 5.10 Å². The van der Waals surface area contributed by atoms with Crippen molar-refractivity contribution in [2.24, 2.45) is 16.8 Å². The standard InChI is InChI=1S/C9H11N3O/c1-12-7-5-3-2-4-6(7)8(11-12)9(10)13/h2-7H,1H3,(H2,10,13). The third-order valence-electron chi connectivity index (χ3n) is 2.37. The Morgan fingerprint density at radius 3 is 2.92 bits per heavy atom. The van der Waals surface area contributed by atoms with Crippen molar-refractivity contribution in [1.82, 2.24) is 5.01 Å². The van der Waals surface area contributed by atoms with Gasteiger partial charge in [0.2, 0.25) is 0 Å². The van der Waals surface area contributed by atoms with E-state index < -0.39 is 5.91 Å². The lowest BCUT2D eigenvalue weighted by Crippen LogP contribution is -2.33. The second-order valence-corrected chi connectivity index (χ2v) is 3.21. The quantitative estimate of drug-likeness (QED) is 0.607. The van der Waals surface area contributed by atoms with Crippen molar-refractivity contribution in [3.63, 3.8) is 0 Å². The number of fused-ring (bicyclic) bond motifs is 1. The van der Waals surface area contributed by atoms with Crippen LogP contribution < -0.4 is 5.73 Å². The molecule has 0 aromatic heterocycles. The maximum absolute atomic E-state index is 11.0. The third kappa shape index (κ3) is 1.14. The zero-order valence-corrected chi connectivity index (χ0v) is 7.34. The highest BCUT2D eigenvalue weighted by molar-refractivity contribution is 6.40. The van der Waals surface area contributed by atoms with Crippen LogP contribution in [0.15, 0.2) is 29.4 Å². The number of nitrogens with two attached hydrogens (primary N) is 1. The highest BCUT2D eigenvalue weighted by Crippen LogP contribution is 2.25.